The van der Waals surface area contributed by atoms with E-state index in [0.717, 1.165) is 6.54 Å². The Morgan fingerprint density at radius 3 is 2.50 bits per heavy atom. The van der Waals surface area contributed by atoms with Crippen molar-refractivity contribution in [3.63, 3.8) is 0 Å². The smallest absolute Gasteiger partial charge is 0.310 e. The van der Waals surface area contributed by atoms with Crippen LogP contribution in [0.3, 0.4) is 0 Å². The van der Waals surface area contributed by atoms with Crippen molar-refractivity contribution in [2.24, 2.45) is 5.92 Å². The minimum atomic E-state index is -0.824. The second-order valence-corrected chi connectivity index (χ2v) is 4.72. The largest absolute Gasteiger partial charge is 0.481 e. The van der Waals surface area contributed by atoms with E-state index in [2.05, 4.69) is 0 Å². The lowest BCUT2D eigenvalue weighted by atomic mass is 10.0. The maximum atomic E-state index is 11.5. The van der Waals surface area contributed by atoms with Gasteiger partial charge in [-0.05, 0) is 6.54 Å². The highest BCUT2D eigenvalue weighted by Crippen LogP contribution is 2.20. The standard InChI is InChI=1S/C12H22N2O4/c1-4-14(6-5-11(15)13(2)3)10-8-18-7-9(10)12(16)17/h9-10H,4-8H2,1-3H3,(H,16,17). The van der Waals surface area contributed by atoms with Gasteiger partial charge in [0, 0.05) is 33.1 Å². The van der Waals surface area contributed by atoms with Gasteiger partial charge in [-0.2, -0.15) is 0 Å². The topological polar surface area (TPSA) is 70.1 Å². The van der Waals surface area contributed by atoms with E-state index in [1.807, 2.05) is 11.8 Å². The highest BCUT2D eigenvalue weighted by molar-refractivity contribution is 5.75. The second-order valence-electron chi connectivity index (χ2n) is 4.72. The van der Waals surface area contributed by atoms with Crippen LogP contribution in [0.5, 0.6) is 0 Å². The average Bonchev–Trinajstić information content (AvgIpc) is 2.78. The SMILES string of the molecule is CCN(CCC(=O)N(C)C)C1COCC1C(=O)O. The first-order valence-corrected chi connectivity index (χ1v) is 6.22. The predicted octanol–water partition coefficient (Wildman–Crippen LogP) is -0.114. The Labute approximate surface area is 107 Å². The molecule has 18 heavy (non-hydrogen) atoms. The molecule has 2 unspecified atom stereocenters. The van der Waals surface area contributed by atoms with Crippen molar-refractivity contribution in [2.75, 3.05) is 40.4 Å². The number of hydrogen-bond acceptors (Lipinski definition) is 4. The molecule has 0 aromatic carbocycles. The molecule has 1 aliphatic rings. The fourth-order valence-electron chi connectivity index (χ4n) is 2.16. The first kappa shape index (κ1) is 14.9. The highest BCUT2D eigenvalue weighted by Gasteiger charge is 2.37. The molecule has 1 amide bonds. The molecule has 0 bridgehead atoms. The Morgan fingerprint density at radius 2 is 2.00 bits per heavy atom. The van der Waals surface area contributed by atoms with Gasteiger partial charge < -0.3 is 14.7 Å². The summed E-state index contributed by atoms with van der Waals surface area (Å²) in [6.45, 7) is 3.96. The number of carboxylic acids is 1. The van der Waals surface area contributed by atoms with E-state index in [0.29, 0.717) is 19.6 Å². The molecule has 1 fully saturated rings. The molecule has 0 saturated carbocycles. The Morgan fingerprint density at radius 1 is 1.33 bits per heavy atom. The van der Waals surface area contributed by atoms with E-state index >= 15 is 0 Å². The summed E-state index contributed by atoms with van der Waals surface area (Å²) >= 11 is 0. The van der Waals surface area contributed by atoms with E-state index < -0.39 is 11.9 Å². The van der Waals surface area contributed by atoms with Crippen molar-refractivity contribution in [3.05, 3.63) is 0 Å². The minimum absolute atomic E-state index is 0.0549. The zero-order valence-corrected chi connectivity index (χ0v) is 11.3. The molecule has 0 radical (unpaired) electrons. The molecule has 2 atom stereocenters. The predicted molar refractivity (Wildman–Crippen MR) is 66.3 cm³/mol. The summed E-state index contributed by atoms with van der Waals surface area (Å²) in [4.78, 5) is 26.2. The van der Waals surface area contributed by atoms with Gasteiger partial charge in [-0.25, -0.2) is 0 Å². The van der Waals surface area contributed by atoms with Gasteiger partial charge in [0.15, 0.2) is 0 Å². The van der Waals surface area contributed by atoms with Gasteiger partial charge in [-0.15, -0.1) is 0 Å². The number of likely N-dealkylation sites (N-methyl/N-ethyl adjacent to an activating group) is 1. The van der Waals surface area contributed by atoms with Crippen LogP contribution in [0.2, 0.25) is 0 Å². The molecular formula is C12H22N2O4. The molecule has 1 N–H and O–H groups in total. The molecule has 0 spiro atoms. The zero-order chi connectivity index (χ0) is 13.7. The lowest BCUT2D eigenvalue weighted by molar-refractivity contribution is -0.143. The Hall–Kier alpha value is -1.14. The monoisotopic (exact) mass is 258 g/mol. The van der Waals surface area contributed by atoms with Gasteiger partial charge in [-0.1, -0.05) is 6.92 Å². The molecule has 1 rings (SSSR count). The Balaban J connectivity index is 2.55. The van der Waals surface area contributed by atoms with Crippen LogP contribution in [-0.2, 0) is 14.3 Å². The number of nitrogens with zero attached hydrogens (tertiary/aromatic N) is 2. The second kappa shape index (κ2) is 6.70. The normalized spacial score (nSPS) is 23.3. The number of amides is 1. The van der Waals surface area contributed by atoms with E-state index in [1.54, 1.807) is 19.0 Å². The van der Waals surface area contributed by atoms with Gasteiger partial charge in [0.25, 0.3) is 0 Å². The molecule has 1 saturated heterocycles. The zero-order valence-electron chi connectivity index (χ0n) is 11.3. The minimum Gasteiger partial charge on any atom is -0.481 e. The van der Waals surface area contributed by atoms with Crippen molar-refractivity contribution in [1.29, 1.82) is 0 Å². The third-order valence-corrected chi connectivity index (χ3v) is 3.35. The highest BCUT2D eigenvalue weighted by atomic mass is 16.5. The van der Waals surface area contributed by atoms with Gasteiger partial charge in [-0.3, -0.25) is 14.5 Å². The fourth-order valence-corrected chi connectivity index (χ4v) is 2.16. The molecule has 0 aromatic rings. The summed E-state index contributed by atoms with van der Waals surface area (Å²) in [5, 5.41) is 9.11. The average molecular weight is 258 g/mol. The summed E-state index contributed by atoms with van der Waals surface area (Å²) in [5.74, 6) is -1.26. The van der Waals surface area contributed by atoms with Crippen molar-refractivity contribution in [1.82, 2.24) is 9.80 Å². The number of carbonyl (C=O) groups excluding carboxylic acids is 1. The Kier molecular flexibility index (Phi) is 5.55. The summed E-state index contributed by atoms with van der Waals surface area (Å²) < 4.78 is 5.25. The molecule has 104 valence electrons. The first-order chi connectivity index (χ1) is 8.47. The van der Waals surface area contributed by atoms with Gasteiger partial charge in [0.2, 0.25) is 5.91 Å². The molecule has 1 aliphatic heterocycles. The van der Waals surface area contributed by atoms with Crippen molar-refractivity contribution >= 4 is 11.9 Å². The quantitative estimate of drug-likeness (QED) is 0.719. The van der Waals surface area contributed by atoms with Crippen molar-refractivity contribution < 1.29 is 19.4 Å². The van der Waals surface area contributed by atoms with E-state index in [4.69, 9.17) is 9.84 Å². The Bertz CT molecular complexity index is 306. The van der Waals surface area contributed by atoms with Crippen LogP contribution in [0, 0.1) is 5.92 Å². The molecule has 1 heterocycles. The van der Waals surface area contributed by atoms with Crippen LogP contribution >= 0.6 is 0 Å². The van der Waals surface area contributed by atoms with Crippen molar-refractivity contribution in [2.45, 2.75) is 19.4 Å². The maximum absolute atomic E-state index is 11.5. The summed E-state index contributed by atoms with van der Waals surface area (Å²) in [6, 6.07) is -0.123. The van der Waals surface area contributed by atoms with Gasteiger partial charge in [0.1, 0.15) is 0 Å². The third-order valence-electron chi connectivity index (χ3n) is 3.35. The van der Waals surface area contributed by atoms with E-state index in [9.17, 15) is 9.59 Å². The molecule has 0 aliphatic carbocycles. The number of carboxylic acid groups (broad SMARTS) is 1. The molecule has 6 nitrogen and oxygen atoms in total. The van der Waals surface area contributed by atoms with Crippen LogP contribution in [0.15, 0.2) is 0 Å². The van der Waals surface area contributed by atoms with Crippen LogP contribution in [-0.4, -0.2) is 73.2 Å². The number of aliphatic carboxylic acids is 1. The fraction of sp³-hybridized carbons (Fsp3) is 0.833. The summed E-state index contributed by atoms with van der Waals surface area (Å²) in [5.41, 5.74) is 0. The third kappa shape index (κ3) is 3.68. The van der Waals surface area contributed by atoms with E-state index in [-0.39, 0.29) is 18.6 Å². The van der Waals surface area contributed by atoms with Crippen molar-refractivity contribution in [3.8, 4) is 0 Å². The summed E-state index contributed by atoms with van der Waals surface area (Å²) in [6.07, 6.45) is 0.406. The lowest BCUT2D eigenvalue weighted by Gasteiger charge is -2.29. The number of ether oxygens (including phenoxy) is 1. The van der Waals surface area contributed by atoms with Crippen LogP contribution < -0.4 is 0 Å². The van der Waals surface area contributed by atoms with Crippen LogP contribution in [0.1, 0.15) is 13.3 Å². The summed E-state index contributed by atoms with van der Waals surface area (Å²) in [7, 11) is 3.44. The maximum Gasteiger partial charge on any atom is 0.310 e. The molecule has 6 heteroatoms. The first-order valence-electron chi connectivity index (χ1n) is 6.22. The molecular weight excluding hydrogens is 236 g/mol. The number of carbonyl (C=O) groups is 2. The molecule has 0 aromatic heterocycles. The van der Waals surface area contributed by atoms with Gasteiger partial charge in [0.05, 0.1) is 19.1 Å². The number of rotatable bonds is 6. The van der Waals surface area contributed by atoms with Gasteiger partial charge >= 0.3 is 5.97 Å². The van der Waals surface area contributed by atoms with Crippen LogP contribution in [0.25, 0.3) is 0 Å². The lowest BCUT2D eigenvalue weighted by Crippen LogP contribution is -2.44. The van der Waals surface area contributed by atoms with Crippen LogP contribution in [0.4, 0.5) is 0 Å². The number of hydrogen-bond donors (Lipinski definition) is 1. The van der Waals surface area contributed by atoms with E-state index in [1.165, 1.54) is 0 Å².